The first kappa shape index (κ1) is 13.0. The van der Waals surface area contributed by atoms with E-state index in [9.17, 15) is 0 Å². The average Bonchev–Trinajstić information content (AvgIpc) is 2.71. The van der Waals surface area contributed by atoms with Crippen LogP contribution in [0.2, 0.25) is 0 Å². The number of nitrogens with two attached hydrogens (primary N) is 1. The largest absolute Gasteiger partial charge is 0.376 e. The molecule has 0 bridgehead atoms. The lowest BCUT2D eigenvalue weighted by molar-refractivity contribution is -0.0649. The molecule has 1 saturated heterocycles. The van der Waals surface area contributed by atoms with Crippen molar-refractivity contribution in [2.24, 2.45) is 5.73 Å². The van der Waals surface area contributed by atoms with Gasteiger partial charge in [0, 0.05) is 24.0 Å². The summed E-state index contributed by atoms with van der Waals surface area (Å²) in [7, 11) is 0. The minimum Gasteiger partial charge on any atom is -0.376 e. The van der Waals surface area contributed by atoms with E-state index in [0.29, 0.717) is 24.7 Å². The van der Waals surface area contributed by atoms with Crippen LogP contribution in [0, 0.1) is 6.92 Å². The second kappa shape index (κ2) is 5.48. The van der Waals surface area contributed by atoms with Crippen LogP contribution in [-0.4, -0.2) is 36.7 Å². The Balaban J connectivity index is 2.20. The number of rotatable bonds is 3. The van der Waals surface area contributed by atoms with Gasteiger partial charge in [0.1, 0.15) is 0 Å². The Kier molecular flexibility index (Phi) is 4.20. The normalized spacial score (nSPS) is 28.2. The minimum atomic E-state index is 0.306. The molecule has 0 spiro atoms. The molecule has 3 unspecified atom stereocenters. The Morgan fingerprint density at radius 1 is 1.59 bits per heavy atom. The predicted octanol–water partition coefficient (Wildman–Crippen LogP) is 2.17. The summed E-state index contributed by atoms with van der Waals surface area (Å²) in [5.74, 6) is 0. The zero-order chi connectivity index (χ0) is 12.4. The van der Waals surface area contributed by atoms with Crippen molar-refractivity contribution in [2.75, 3.05) is 19.7 Å². The molecule has 1 aliphatic heterocycles. The fourth-order valence-corrected chi connectivity index (χ4v) is 3.54. The first-order valence-electron chi connectivity index (χ1n) is 6.25. The van der Waals surface area contributed by atoms with Crippen LogP contribution >= 0.6 is 11.3 Å². The molecule has 17 heavy (non-hydrogen) atoms. The zero-order valence-corrected chi connectivity index (χ0v) is 11.7. The maximum Gasteiger partial charge on any atom is 0.0675 e. The van der Waals surface area contributed by atoms with E-state index >= 15 is 0 Å². The first-order chi connectivity index (χ1) is 8.13. The van der Waals surface area contributed by atoms with Gasteiger partial charge in [-0.25, -0.2) is 0 Å². The van der Waals surface area contributed by atoms with Gasteiger partial charge in [0.05, 0.1) is 18.8 Å². The van der Waals surface area contributed by atoms with Crippen LogP contribution in [0.5, 0.6) is 0 Å². The van der Waals surface area contributed by atoms with E-state index in [0.717, 1.165) is 13.2 Å². The molecule has 0 radical (unpaired) electrons. The number of morpholine rings is 1. The van der Waals surface area contributed by atoms with Crippen molar-refractivity contribution in [2.45, 2.75) is 39.0 Å². The molecule has 2 heterocycles. The molecule has 96 valence electrons. The van der Waals surface area contributed by atoms with Crippen molar-refractivity contribution in [3.8, 4) is 0 Å². The third-order valence-corrected chi connectivity index (χ3v) is 4.60. The molecule has 3 atom stereocenters. The quantitative estimate of drug-likeness (QED) is 0.898. The second-order valence-electron chi connectivity index (χ2n) is 4.91. The number of nitrogens with zero attached hydrogens (tertiary/aromatic N) is 1. The van der Waals surface area contributed by atoms with Gasteiger partial charge < -0.3 is 10.5 Å². The summed E-state index contributed by atoms with van der Waals surface area (Å²) < 4.78 is 5.68. The van der Waals surface area contributed by atoms with Crippen molar-refractivity contribution in [1.29, 1.82) is 0 Å². The maximum atomic E-state index is 6.00. The standard InChI is InChI=1S/C13H22N2OS/c1-9-4-5-17-13(9)12(6-14)15-7-11(3)16-8-10(15)2/h4-5,10-12H,6-8,14H2,1-3H3. The van der Waals surface area contributed by atoms with Crippen molar-refractivity contribution < 1.29 is 4.74 Å². The van der Waals surface area contributed by atoms with E-state index in [2.05, 4.69) is 37.1 Å². The number of aryl methyl sites for hydroxylation is 1. The number of thiophene rings is 1. The fourth-order valence-electron chi connectivity index (χ4n) is 2.48. The van der Waals surface area contributed by atoms with Crippen LogP contribution < -0.4 is 5.73 Å². The predicted molar refractivity (Wildman–Crippen MR) is 72.4 cm³/mol. The number of ether oxygens (including phenoxy) is 1. The van der Waals surface area contributed by atoms with Crippen LogP contribution in [0.4, 0.5) is 0 Å². The van der Waals surface area contributed by atoms with Gasteiger partial charge in [-0.15, -0.1) is 11.3 Å². The molecule has 3 nitrogen and oxygen atoms in total. The summed E-state index contributed by atoms with van der Waals surface area (Å²) in [5, 5.41) is 2.15. The van der Waals surface area contributed by atoms with Crippen LogP contribution in [0.1, 0.15) is 30.3 Å². The Morgan fingerprint density at radius 3 is 2.94 bits per heavy atom. The second-order valence-corrected chi connectivity index (χ2v) is 5.86. The summed E-state index contributed by atoms with van der Waals surface area (Å²) in [6, 6.07) is 2.97. The van der Waals surface area contributed by atoms with E-state index in [4.69, 9.17) is 10.5 Å². The summed E-state index contributed by atoms with van der Waals surface area (Å²) in [6.45, 7) is 8.98. The maximum absolute atomic E-state index is 6.00. The summed E-state index contributed by atoms with van der Waals surface area (Å²) >= 11 is 1.82. The van der Waals surface area contributed by atoms with Gasteiger partial charge >= 0.3 is 0 Å². The van der Waals surface area contributed by atoms with E-state index < -0.39 is 0 Å². The highest BCUT2D eigenvalue weighted by molar-refractivity contribution is 7.10. The van der Waals surface area contributed by atoms with E-state index in [1.165, 1.54) is 10.4 Å². The molecule has 0 aromatic carbocycles. The van der Waals surface area contributed by atoms with Crippen molar-refractivity contribution in [1.82, 2.24) is 4.90 Å². The molecule has 1 aromatic rings. The van der Waals surface area contributed by atoms with Gasteiger partial charge in [0.25, 0.3) is 0 Å². The van der Waals surface area contributed by atoms with Crippen LogP contribution in [0.15, 0.2) is 11.4 Å². The van der Waals surface area contributed by atoms with Gasteiger partial charge in [0.15, 0.2) is 0 Å². The molecule has 1 aliphatic rings. The summed E-state index contributed by atoms with van der Waals surface area (Å²) in [4.78, 5) is 3.90. The minimum absolute atomic E-state index is 0.306. The molecule has 2 N–H and O–H groups in total. The summed E-state index contributed by atoms with van der Waals surface area (Å²) in [6.07, 6.45) is 0.306. The van der Waals surface area contributed by atoms with Crippen LogP contribution in [-0.2, 0) is 4.74 Å². The van der Waals surface area contributed by atoms with E-state index in [1.54, 1.807) is 0 Å². The van der Waals surface area contributed by atoms with Gasteiger partial charge in [0.2, 0.25) is 0 Å². The average molecular weight is 254 g/mol. The Labute approximate surface area is 108 Å². The topological polar surface area (TPSA) is 38.5 Å². The summed E-state index contributed by atoms with van der Waals surface area (Å²) in [5.41, 5.74) is 7.35. The third-order valence-electron chi connectivity index (χ3n) is 3.48. The Hall–Kier alpha value is -0.420. The number of hydrogen-bond acceptors (Lipinski definition) is 4. The lowest BCUT2D eigenvalue weighted by Crippen LogP contribution is -2.50. The van der Waals surface area contributed by atoms with Crippen LogP contribution in [0.3, 0.4) is 0 Å². The van der Waals surface area contributed by atoms with E-state index in [-0.39, 0.29) is 0 Å². The molecule has 0 amide bonds. The molecular formula is C13H22N2OS. The van der Waals surface area contributed by atoms with Crippen LogP contribution in [0.25, 0.3) is 0 Å². The Bertz CT molecular complexity index is 366. The molecule has 2 rings (SSSR count). The molecule has 0 saturated carbocycles. The van der Waals surface area contributed by atoms with E-state index in [1.807, 2.05) is 11.3 Å². The van der Waals surface area contributed by atoms with Gasteiger partial charge in [-0.2, -0.15) is 0 Å². The van der Waals surface area contributed by atoms with Gasteiger partial charge in [-0.05, 0) is 37.8 Å². The van der Waals surface area contributed by atoms with Gasteiger partial charge in [-0.3, -0.25) is 4.90 Å². The zero-order valence-electron chi connectivity index (χ0n) is 10.8. The SMILES string of the molecule is Cc1ccsc1C(CN)N1CC(C)OCC1C. The lowest BCUT2D eigenvalue weighted by Gasteiger charge is -2.41. The lowest BCUT2D eigenvalue weighted by atomic mass is 10.1. The fraction of sp³-hybridized carbons (Fsp3) is 0.692. The highest BCUT2D eigenvalue weighted by Gasteiger charge is 2.30. The smallest absolute Gasteiger partial charge is 0.0675 e. The Morgan fingerprint density at radius 2 is 2.35 bits per heavy atom. The molecule has 4 heteroatoms. The highest BCUT2D eigenvalue weighted by atomic mass is 32.1. The van der Waals surface area contributed by atoms with Gasteiger partial charge in [-0.1, -0.05) is 0 Å². The number of hydrogen-bond donors (Lipinski definition) is 1. The molecule has 1 fully saturated rings. The van der Waals surface area contributed by atoms with Crippen molar-refractivity contribution in [3.05, 3.63) is 21.9 Å². The third kappa shape index (κ3) is 2.71. The van der Waals surface area contributed by atoms with Crippen molar-refractivity contribution >= 4 is 11.3 Å². The molecular weight excluding hydrogens is 232 g/mol. The molecule has 0 aliphatic carbocycles. The van der Waals surface area contributed by atoms with Crippen molar-refractivity contribution in [3.63, 3.8) is 0 Å². The highest BCUT2D eigenvalue weighted by Crippen LogP contribution is 2.31. The first-order valence-corrected chi connectivity index (χ1v) is 7.12. The molecule has 1 aromatic heterocycles. The monoisotopic (exact) mass is 254 g/mol.